The van der Waals surface area contributed by atoms with Crippen LogP contribution in [0.3, 0.4) is 0 Å². The van der Waals surface area contributed by atoms with Gasteiger partial charge in [0.05, 0.1) is 0 Å². The maximum atomic E-state index is 4.42. The van der Waals surface area contributed by atoms with Crippen LogP contribution in [-0.4, -0.2) is 17.8 Å². The molecule has 1 rings (SSSR count). The second-order valence-electron chi connectivity index (χ2n) is 3.96. The quantitative estimate of drug-likeness (QED) is 0.561. The lowest BCUT2D eigenvalue weighted by molar-refractivity contribution is 0.456. The maximum absolute atomic E-state index is 4.42. The first-order valence-electron chi connectivity index (χ1n) is 4.97. The molecule has 2 nitrogen and oxygen atoms in total. The van der Waals surface area contributed by atoms with Gasteiger partial charge in [0.15, 0.2) is 0 Å². The van der Waals surface area contributed by atoms with E-state index in [-0.39, 0.29) is 5.41 Å². The molecule has 0 aromatic carbocycles. The summed E-state index contributed by atoms with van der Waals surface area (Å²) in [6.45, 7) is 10.6. The molecule has 0 unspecified atom stereocenters. The molecule has 0 N–H and O–H groups in total. The summed E-state index contributed by atoms with van der Waals surface area (Å²) in [5, 5.41) is 6.28. The fraction of sp³-hybridized carbons (Fsp3) is 0.727. The Kier molecular flexibility index (Phi) is 4.74. The van der Waals surface area contributed by atoms with Crippen LogP contribution in [0.15, 0.2) is 17.4 Å². The van der Waals surface area contributed by atoms with Crippen molar-refractivity contribution in [3.05, 3.63) is 12.3 Å². The second-order valence-corrected chi connectivity index (χ2v) is 3.96. The van der Waals surface area contributed by atoms with Crippen molar-refractivity contribution in [2.24, 2.45) is 10.5 Å². The van der Waals surface area contributed by atoms with Crippen molar-refractivity contribution in [2.45, 2.75) is 41.0 Å². The molecule has 1 aliphatic rings. The fourth-order valence-corrected chi connectivity index (χ4v) is 1.04. The van der Waals surface area contributed by atoms with Crippen molar-refractivity contribution in [1.82, 2.24) is 5.01 Å². The van der Waals surface area contributed by atoms with E-state index in [1.54, 1.807) is 0 Å². The van der Waals surface area contributed by atoms with Crippen molar-refractivity contribution < 1.29 is 0 Å². The van der Waals surface area contributed by atoms with Crippen molar-refractivity contribution in [3.8, 4) is 0 Å². The minimum absolute atomic E-state index is 0.207. The Morgan fingerprint density at radius 2 is 1.85 bits per heavy atom. The second kappa shape index (κ2) is 5.05. The van der Waals surface area contributed by atoms with Gasteiger partial charge in [0.2, 0.25) is 0 Å². The predicted molar refractivity (Wildman–Crippen MR) is 59.8 cm³/mol. The third-order valence-electron chi connectivity index (χ3n) is 1.78. The van der Waals surface area contributed by atoms with Crippen LogP contribution < -0.4 is 0 Å². The zero-order chi connectivity index (χ0) is 10.5. The number of nitrogens with zero attached hydrogens (tertiary/aromatic N) is 2. The molecule has 0 aromatic rings. The lowest BCUT2D eigenvalue weighted by atomic mass is 9.88. The zero-order valence-corrected chi connectivity index (χ0v) is 9.76. The Morgan fingerprint density at radius 3 is 2.15 bits per heavy atom. The highest BCUT2D eigenvalue weighted by Crippen LogP contribution is 2.21. The van der Waals surface area contributed by atoms with E-state index in [0.717, 1.165) is 6.42 Å². The van der Waals surface area contributed by atoms with Crippen molar-refractivity contribution in [2.75, 3.05) is 7.05 Å². The van der Waals surface area contributed by atoms with Crippen LogP contribution in [0, 0.1) is 5.41 Å². The first kappa shape index (κ1) is 12.2. The number of hydrogen-bond acceptors (Lipinski definition) is 2. The average Bonchev–Trinajstić information content (AvgIpc) is 2.06. The molecule has 0 atom stereocenters. The van der Waals surface area contributed by atoms with Gasteiger partial charge in [-0.25, -0.2) is 0 Å². The normalized spacial score (nSPS) is 16.2. The van der Waals surface area contributed by atoms with Crippen LogP contribution in [0.5, 0.6) is 0 Å². The minimum Gasteiger partial charge on any atom is -0.276 e. The van der Waals surface area contributed by atoms with Gasteiger partial charge in [0.1, 0.15) is 0 Å². The van der Waals surface area contributed by atoms with Crippen LogP contribution in [-0.2, 0) is 0 Å². The van der Waals surface area contributed by atoms with Gasteiger partial charge in [-0.2, -0.15) is 5.10 Å². The van der Waals surface area contributed by atoms with Gasteiger partial charge in [0.25, 0.3) is 0 Å². The van der Waals surface area contributed by atoms with Crippen molar-refractivity contribution >= 4 is 5.71 Å². The van der Waals surface area contributed by atoms with Crippen LogP contribution in [0.1, 0.15) is 41.0 Å². The van der Waals surface area contributed by atoms with E-state index in [1.807, 2.05) is 32.1 Å². The molecule has 0 spiro atoms. The zero-order valence-electron chi connectivity index (χ0n) is 9.76. The minimum atomic E-state index is 0.207. The van der Waals surface area contributed by atoms with E-state index in [4.69, 9.17) is 0 Å². The van der Waals surface area contributed by atoms with Crippen LogP contribution >= 0.6 is 0 Å². The molecule has 76 valence electrons. The molecule has 1 heterocycles. The van der Waals surface area contributed by atoms with Crippen molar-refractivity contribution in [3.63, 3.8) is 0 Å². The summed E-state index contributed by atoms with van der Waals surface area (Å²) in [5.41, 5.74) is 1.46. The molecule has 0 saturated heterocycles. The lowest BCUT2D eigenvalue weighted by Crippen LogP contribution is -2.24. The monoisotopic (exact) mass is 182 g/mol. The van der Waals surface area contributed by atoms with Crippen LogP contribution in [0.25, 0.3) is 0 Å². The van der Waals surface area contributed by atoms with E-state index in [2.05, 4.69) is 31.9 Å². The molecule has 2 heteroatoms. The lowest BCUT2D eigenvalue weighted by Gasteiger charge is -2.25. The highest BCUT2D eigenvalue weighted by Gasteiger charge is 2.19. The average molecular weight is 182 g/mol. The molecule has 0 radical (unpaired) electrons. The van der Waals surface area contributed by atoms with Gasteiger partial charge in [-0.1, -0.05) is 40.7 Å². The van der Waals surface area contributed by atoms with Gasteiger partial charge in [0, 0.05) is 30.8 Å². The van der Waals surface area contributed by atoms with Gasteiger partial charge >= 0.3 is 0 Å². The molecule has 0 aromatic heterocycles. The largest absolute Gasteiger partial charge is 0.276 e. The highest BCUT2D eigenvalue weighted by atomic mass is 15.4. The van der Waals surface area contributed by atoms with Gasteiger partial charge in [-0.15, -0.1) is 0 Å². The highest BCUT2D eigenvalue weighted by molar-refractivity contribution is 5.90. The SMILES string of the molecule is CC.CN1C=CCC(C(C)(C)C)=N1. The first-order chi connectivity index (χ1) is 6.00. The summed E-state index contributed by atoms with van der Waals surface area (Å²) in [6, 6.07) is 0. The third kappa shape index (κ3) is 4.11. The van der Waals surface area contributed by atoms with Crippen LogP contribution in [0.4, 0.5) is 0 Å². The molecule has 0 amide bonds. The summed E-state index contributed by atoms with van der Waals surface area (Å²) in [4.78, 5) is 0. The Labute approximate surface area is 82.3 Å². The molecular formula is C11H22N2. The van der Waals surface area contributed by atoms with Gasteiger partial charge in [-0.05, 0) is 0 Å². The van der Waals surface area contributed by atoms with E-state index in [0.29, 0.717) is 0 Å². The summed E-state index contributed by atoms with van der Waals surface area (Å²) in [5.74, 6) is 0. The Hall–Kier alpha value is -0.790. The smallest absolute Gasteiger partial charge is 0.0476 e. The summed E-state index contributed by atoms with van der Waals surface area (Å²) in [7, 11) is 1.96. The van der Waals surface area contributed by atoms with E-state index >= 15 is 0 Å². The number of rotatable bonds is 0. The van der Waals surface area contributed by atoms with E-state index in [1.165, 1.54) is 5.71 Å². The standard InChI is InChI=1S/C9H16N2.C2H6/c1-9(2,3)8-6-5-7-11(4)10-8;1-2/h5,7H,6H2,1-4H3;1-2H3. The maximum Gasteiger partial charge on any atom is 0.0476 e. The summed E-state index contributed by atoms with van der Waals surface area (Å²) >= 11 is 0. The summed E-state index contributed by atoms with van der Waals surface area (Å²) < 4.78 is 0. The predicted octanol–water partition coefficient (Wildman–Crippen LogP) is 3.26. The molecule has 0 bridgehead atoms. The first-order valence-corrected chi connectivity index (χ1v) is 4.97. The number of hydrogen-bond donors (Lipinski definition) is 0. The Bertz CT molecular complexity index is 197. The topological polar surface area (TPSA) is 15.6 Å². The molecule has 0 aliphatic carbocycles. The summed E-state index contributed by atoms with van der Waals surface area (Å²) in [6.07, 6.45) is 5.14. The molecule has 1 aliphatic heterocycles. The van der Waals surface area contributed by atoms with Crippen molar-refractivity contribution in [1.29, 1.82) is 0 Å². The fourth-order valence-electron chi connectivity index (χ4n) is 1.04. The number of hydrazone groups is 1. The van der Waals surface area contributed by atoms with Gasteiger partial charge < -0.3 is 0 Å². The molecular weight excluding hydrogens is 160 g/mol. The molecule has 0 fully saturated rings. The molecule has 13 heavy (non-hydrogen) atoms. The van der Waals surface area contributed by atoms with E-state index < -0.39 is 0 Å². The third-order valence-corrected chi connectivity index (χ3v) is 1.78. The van der Waals surface area contributed by atoms with Crippen LogP contribution in [0.2, 0.25) is 0 Å². The number of allylic oxidation sites excluding steroid dienone is 1. The molecule has 0 saturated carbocycles. The Balaban J connectivity index is 0.000000671. The van der Waals surface area contributed by atoms with E-state index in [9.17, 15) is 0 Å². The van der Waals surface area contributed by atoms with Gasteiger partial charge in [-0.3, -0.25) is 5.01 Å². The Morgan fingerprint density at radius 1 is 1.31 bits per heavy atom.